The standard InChI is InChI=1S/C20H26N2O2S.C2H6/c1-16(2)21-12-14-22(15-13-21)25(23,24)20-10-8-19(9-11-20)18-6-4-17(3)5-7-18;1-2/h4-11,16H,12-15H2,1-3H3;1-2H3. The van der Waals surface area contributed by atoms with E-state index in [1.165, 1.54) is 5.56 Å². The molecule has 1 fully saturated rings. The number of hydrogen-bond donors (Lipinski definition) is 0. The zero-order valence-corrected chi connectivity index (χ0v) is 18.0. The fraction of sp³-hybridized carbons (Fsp3) is 0.455. The molecule has 0 aliphatic carbocycles. The van der Waals surface area contributed by atoms with Gasteiger partial charge in [0.1, 0.15) is 0 Å². The van der Waals surface area contributed by atoms with E-state index in [4.69, 9.17) is 0 Å². The van der Waals surface area contributed by atoms with Crippen LogP contribution in [0.15, 0.2) is 53.4 Å². The lowest BCUT2D eigenvalue weighted by molar-refractivity contribution is 0.154. The molecule has 0 atom stereocenters. The number of benzene rings is 2. The van der Waals surface area contributed by atoms with Crippen LogP contribution in [-0.4, -0.2) is 49.8 Å². The Kier molecular flexibility index (Phi) is 7.59. The van der Waals surface area contributed by atoms with Crippen LogP contribution in [0.5, 0.6) is 0 Å². The summed E-state index contributed by atoms with van der Waals surface area (Å²) in [6, 6.07) is 15.9. The molecule has 1 aliphatic rings. The molecule has 0 amide bonds. The number of piperazine rings is 1. The highest BCUT2D eigenvalue weighted by Crippen LogP contribution is 2.24. The average Bonchev–Trinajstić information content (AvgIpc) is 2.70. The third kappa shape index (κ3) is 5.18. The van der Waals surface area contributed by atoms with Crippen molar-refractivity contribution in [2.24, 2.45) is 0 Å². The molecule has 2 aromatic carbocycles. The molecular formula is C22H32N2O2S. The van der Waals surface area contributed by atoms with Gasteiger partial charge in [-0.3, -0.25) is 4.90 Å². The van der Waals surface area contributed by atoms with Crippen LogP contribution in [0.1, 0.15) is 33.3 Å². The van der Waals surface area contributed by atoms with Crippen LogP contribution in [-0.2, 0) is 10.0 Å². The van der Waals surface area contributed by atoms with Gasteiger partial charge in [-0.1, -0.05) is 55.8 Å². The maximum absolute atomic E-state index is 12.9. The van der Waals surface area contributed by atoms with Crippen molar-refractivity contribution < 1.29 is 8.42 Å². The first-order valence-electron chi connectivity index (χ1n) is 9.79. The molecule has 0 N–H and O–H groups in total. The summed E-state index contributed by atoms with van der Waals surface area (Å²) in [5.41, 5.74) is 3.34. The van der Waals surface area contributed by atoms with Gasteiger partial charge in [0.2, 0.25) is 10.0 Å². The van der Waals surface area contributed by atoms with Gasteiger partial charge in [0.25, 0.3) is 0 Å². The third-order valence-corrected chi connectivity index (χ3v) is 6.79. The summed E-state index contributed by atoms with van der Waals surface area (Å²) < 4.78 is 27.3. The van der Waals surface area contributed by atoms with Crippen LogP contribution in [0.25, 0.3) is 11.1 Å². The smallest absolute Gasteiger partial charge is 0.243 e. The summed E-state index contributed by atoms with van der Waals surface area (Å²) in [4.78, 5) is 2.69. The number of rotatable bonds is 4. The first-order chi connectivity index (χ1) is 12.9. The Morgan fingerprint density at radius 2 is 1.22 bits per heavy atom. The monoisotopic (exact) mass is 388 g/mol. The maximum Gasteiger partial charge on any atom is 0.243 e. The first kappa shape index (κ1) is 21.6. The summed E-state index contributed by atoms with van der Waals surface area (Å²) in [6.07, 6.45) is 0. The van der Waals surface area contributed by atoms with E-state index in [9.17, 15) is 8.42 Å². The molecule has 148 valence electrons. The molecule has 1 heterocycles. The fourth-order valence-corrected chi connectivity index (χ4v) is 4.60. The highest BCUT2D eigenvalue weighted by molar-refractivity contribution is 7.89. The third-order valence-electron chi connectivity index (χ3n) is 4.88. The van der Waals surface area contributed by atoms with Gasteiger partial charge in [-0.2, -0.15) is 4.31 Å². The Labute approximate surface area is 164 Å². The summed E-state index contributed by atoms with van der Waals surface area (Å²) in [7, 11) is -3.41. The van der Waals surface area contributed by atoms with Gasteiger partial charge in [-0.25, -0.2) is 8.42 Å². The van der Waals surface area contributed by atoms with Gasteiger partial charge in [-0.15, -0.1) is 0 Å². The fourth-order valence-electron chi connectivity index (χ4n) is 3.17. The molecule has 0 radical (unpaired) electrons. The number of aryl methyl sites for hydroxylation is 1. The minimum atomic E-state index is -3.41. The molecular weight excluding hydrogens is 356 g/mol. The van der Waals surface area contributed by atoms with Crippen molar-refractivity contribution in [1.29, 1.82) is 0 Å². The molecule has 0 bridgehead atoms. The Hall–Kier alpha value is -1.69. The largest absolute Gasteiger partial charge is 0.298 e. The van der Waals surface area contributed by atoms with E-state index < -0.39 is 10.0 Å². The minimum Gasteiger partial charge on any atom is -0.298 e. The molecule has 27 heavy (non-hydrogen) atoms. The molecule has 4 nitrogen and oxygen atoms in total. The van der Waals surface area contributed by atoms with Crippen LogP contribution >= 0.6 is 0 Å². The Morgan fingerprint density at radius 1 is 0.778 bits per heavy atom. The van der Waals surface area contributed by atoms with E-state index in [1.54, 1.807) is 16.4 Å². The van der Waals surface area contributed by atoms with Crippen LogP contribution in [0.3, 0.4) is 0 Å². The zero-order chi connectivity index (χ0) is 20.0. The van der Waals surface area contributed by atoms with Crippen LogP contribution in [0.2, 0.25) is 0 Å². The molecule has 0 spiro atoms. The highest BCUT2D eigenvalue weighted by Gasteiger charge is 2.29. The second-order valence-electron chi connectivity index (χ2n) is 6.92. The molecule has 0 aromatic heterocycles. The van der Waals surface area contributed by atoms with Crippen molar-refractivity contribution in [3.05, 3.63) is 54.1 Å². The maximum atomic E-state index is 12.9. The average molecular weight is 389 g/mol. The van der Waals surface area contributed by atoms with Gasteiger partial charge >= 0.3 is 0 Å². The molecule has 3 rings (SSSR count). The summed E-state index contributed by atoms with van der Waals surface area (Å²) >= 11 is 0. The van der Waals surface area contributed by atoms with Crippen molar-refractivity contribution in [1.82, 2.24) is 9.21 Å². The van der Waals surface area contributed by atoms with Gasteiger partial charge in [-0.05, 0) is 44.0 Å². The van der Waals surface area contributed by atoms with Crippen molar-refractivity contribution in [2.45, 2.75) is 45.6 Å². The van der Waals surface area contributed by atoms with Crippen molar-refractivity contribution in [2.75, 3.05) is 26.2 Å². The summed E-state index contributed by atoms with van der Waals surface area (Å²) in [5, 5.41) is 0. The Morgan fingerprint density at radius 3 is 1.67 bits per heavy atom. The van der Waals surface area contributed by atoms with Gasteiger partial charge in [0.05, 0.1) is 4.90 Å². The van der Waals surface area contributed by atoms with Crippen molar-refractivity contribution >= 4 is 10.0 Å². The molecule has 5 heteroatoms. The van der Waals surface area contributed by atoms with Crippen molar-refractivity contribution in [3.8, 4) is 11.1 Å². The van der Waals surface area contributed by atoms with E-state index in [2.05, 4.69) is 49.9 Å². The molecule has 2 aromatic rings. The quantitative estimate of drug-likeness (QED) is 0.779. The van der Waals surface area contributed by atoms with E-state index in [0.29, 0.717) is 24.0 Å². The molecule has 1 saturated heterocycles. The number of sulfonamides is 1. The van der Waals surface area contributed by atoms with Gasteiger partial charge < -0.3 is 0 Å². The lowest BCUT2D eigenvalue weighted by Gasteiger charge is -2.36. The first-order valence-corrected chi connectivity index (χ1v) is 11.2. The van der Waals surface area contributed by atoms with Gasteiger partial charge in [0.15, 0.2) is 0 Å². The molecule has 0 unspecified atom stereocenters. The molecule has 1 aliphatic heterocycles. The second kappa shape index (κ2) is 9.49. The lowest BCUT2D eigenvalue weighted by atomic mass is 10.0. The van der Waals surface area contributed by atoms with E-state index in [1.807, 2.05) is 26.0 Å². The van der Waals surface area contributed by atoms with Crippen molar-refractivity contribution in [3.63, 3.8) is 0 Å². The Bertz CT molecular complexity index is 804. The highest BCUT2D eigenvalue weighted by atomic mass is 32.2. The number of nitrogens with zero attached hydrogens (tertiary/aromatic N) is 2. The zero-order valence-electron chi connectivity index (χ0n) is 17.1. The van der Waals surface area contributed by atoms with E-state index >= 15 is 0 Å². The molecule has 0 saturated carbocycles. The normalized spacial score (nSPS) is 16.1. The topological polar surface area (TPSA) is 40.6 Å². The SMILES string of the molecule is CC.Cc1ccc(-c2ccc(S(=O)(=O)N3CCN(C(C)C)CC3)cc2)cc1. The van der Waals surface area contributed by atoms with Crippen LogP contribution in [0, 0.1) is 6.92 Å². The number of hydrogen-bond acceptors (Lipinski definition) is 3. The van der Waals surface area contributed by atoms with E-state index in [0.717, 1.165) is 24.2 Å². The van der Waals surface area contributed by atoms with Crippen LogP contribution < -0.4 is 0 Å². The summed E-state index contributed by atoms with van der Waals surface area (Å²) in [6.45, 7) is 13.0. The second-order valence-corrected chi connectivity index (χ2v) is 8.86. The van der Waals surface area contributed by atoms with Crippen LogP contribution in [0.4, 0.5) is 0 Å². The lowest BCUT2D eigenvalue weighted by Crippen LogP contribution is -2.50. The predicted molar refractivity (Wildman–Crippen MR) is 113 cm³/mol. The predicted octanol–water partition coefficient (Wildman–Crippen LogP) is 4.40. The summed E-state index contributed by atoms with van der Waals surface area (Å²) in [5.74, 6) is 0. The van der Waals surface area contributed by atoms with E-state index in [-0.39, 0.29) is 0 Å². The Balaban J connectivity index is 0.00000126. The minimum absolute atomic E-state index is 0.376. The van der Waals surface area contributed by atoms with Gasteiger partial charge in [0, 0.05) is 32.2 Å².